The van der Waals surface area contributed by atoms with Gasteiger partial charge in [0.25, 0.3) is 0 Å². The highest BCUT2D eigenvalue weighted by atomic mass is 32.2. The molecule has 0 aromatic carbocycles. The van der Waals surface area contributed by atoms with Gasteiger partial charge in [0.2, 0.25) is 10.0 Å². The molecule has 2 fully saturated rings. The first-order valence-corrected chi connectivity index (χ1v) is 11.3. The normalized spacial score (nSPS) is 23.0. The van der Waals surface area contributed by atoms with E-state index in [2.05, 4.69) is 25.6 Å². The zero-order valence-corrected chi connectivity index (χ0v) is 16.9. The maximum absolute atomic E-state index is 14.7. The Morgan fingerprint density at radius 1 is 1.16 bits per heavy atom. The molecule has 0 unspecified atom stereocenters. The minimum Gasteiger partial charge on any atom is -0.361 e. The van der Waals surface area contributed by atoms with Gasteiger partial charge in [-0.3, -0.25) is 8.71 Å². The van der Waals surface area contributed by atoms with Crippen molar-refractivity contribution in [3.05, 3.63) is 36.3 Å². The summed E-state index contributed by atoms with van der Waals surface area (Å²) in [5.74, 6) is -1.96. The second kappa shape index (κ2) is 7.34. The summed E-state index contributed by atoms with van der Waals surface area (Å²) < 4.78 is 69.9. The molecule has 0 aliphatic carbocycles. The van der Waals surface area contributed by atoms with Crippen LogP contribution >= 0.6 is 0 Å². The summed E-state index contributed by atoms with van der Waals surface area (Å²) in [6.07, 6.45) is 3.37. The number of rotatable bonds is 4. The van der Waals surface area contributed by atoms with E-state index in [0.29, 0.717) is 24.7 Å². The van der Waals surface area contributed by atoms with Crippen molar-refractivity contribution < 1.29 is 21.6 Å². The van der Waals surface area contributed by atoms with Crippen LogP contribution in [0.4, 0.5) is 24.8 Å². The first-order valence-electron chi connectivity index (χ1n) is 9.65. The second-order valence-electron chi connectivity index (χ2n) is 7.43. The van der Waals surface area contributed by atoms with Gasteiger partial charge in [-0.2, -0.15) is 0 Å². The lowest BCUT2D eigenvalue weighted by atomic mass is 10.2. The molecular weight excluding hydrogens is 435 g/mol. The van der Waals surface area contributed by atoms with E-state index in [9.17, 15) is 21.6 Å². The Morgan fingerprint density at radius 2 is 2.00 bits per heavy atom. The fraction of sp³-hybridized carbons (Fsp3) is 0.389. The fourth-order valence-corrected chi connectivity index (χ4v) is 5.29. The zero-order valence-electron chi connectivity index (χ0n) is 16.1. The molecule has 31 heavy (non-hydrogen) atoms. The molecule has 0 amide bonds. The lowest BCUT2D eigenvalue weighted by molar-refractivity contribution is 0.341. The highest BCUT2D eigenvalue weighted by Crippen LogP contribution is 2.28. The predicted octanol–water partition coefficient (Wildman–Crippen LogP) is 1.33. The number of imidazole rings is 1. The minimum absolute atomic E-state index is 0.0261. The topological polar surface area (TPSA) is 105 Å². The highest BCUT2D eigenvalue weighted by molar-refractivity contribution is 7.93. The minimum atomic E-state index is -3.46. The summed E-state index contributed by atoms with van der Waals surface area (Å²) in [5, 5.41) is 5.53. The second-order valence-corrected chi connectivity index (χ2v) is 9.45. The van der Waals surface area contributed by atoms with Gasteiger partial charge in [0.1, 0.15) is 11.9 Å². The van der Waals surface area contributed by atoms with Gasteiger partial charge >= 0.3 is 0 Å². The van der Waals surface area contributed by atoms with Crippen molar-refractivity contribution in [3.8, 4) is 11.4 Å². The maximum atomic E-state index is 14.7. The number of fused-ring (bicyclic) bond motifs is 1. The standard InChI is InChI=1S/C18H18F3N7O2S/c19-10-4-11(20)18(25-13-6-22-5-12(13)21)26-17(10)14-7-23-15-8-24-16(9-27(14)15)28-2-1-3-31(28,29)30/h4,7-9,12-13,22H,1-3,5-6H2,(H,25,26)/t12-,13-/m0/s1. The Hall–Kier alpha value is -2.93. The number of nitrogens with one attached hydrogen (secondary N) is 2. The Bertz CT molecular complexity index is 1270. The molecule has 9 nitrogen and oxygen atoms in total. The number of hydrogen-bond acceptors (Lipinski definition) is 7. The van der Waals surface area contributed by atoms with Gasteiger partial charge in [0.15, 0.2) is 28.9 Å². The molecular formula is C18H18F3N7O2S. The molecule has 0 bridgehead atoms. The number of sulfonamides is 1. The smallest absolute Gasteiger partial charge is 0.236 e. The van der Waals surface area contributed by atoms with Crippen LogP contribution in [-0.2, 0) is 10.0 Å². The van der Waals surface area contributed by atoms with Crippen molar-refractivity contribution in [1.82, 2.24) is 24.7 Å². The van der Waals surface area contributed by atoms with Crippen molar-refractivity contribution in [3.63, 3.8) is 0 Å². The summed E-state index contributed by atoms with van der Waals surface area (Å²) >= 11 is 0. The van der Waals surface area contributed by atoms with Gasteiger partial charge in [0, 0.05) is 25.7 Å². The van der Waals surface area contributed by atoms with E-state index < -0.39 is 33.9 Å². The zero-order chi connectivity index (χ0) is 21.8. The van der Waals surface area contributed by atoms with E-state index in [1.165, 1.54) is 27.3 Å². The summed E-state index contributed by atoms with van der Waals surface area (Å²) in [7, 11) is -3.46. The van der Waals surface area contributed by atoms with Crippen molar-refractivity contribution in [2.45, 2.75) is 18.6 Å². The van der Waals surface area contributed by atoms with Gasteiger partial charge in [-0.1, -0.05) is 0 Å². The molecule has 5 heterocycles. The van der Waals surface area contributed by atoms with Gasteiger partial charge in [-0.15, -0.1) is 0 Å². The van der Waals surface area contributed by atoms with Crippen molar-refractivity contribution >= 4 is 27.3 Å². The molecule has 2 N–H and O–H groups in total. The first kappa shape index (κ1) is 20.0. The molecule has 3 aromatic heterocycles. The number of nitrogens with zero attached hydrogens (tertiary/aromatic N) is 5. The number of pyridine rings is 1. The quantitative estimate of drug-likeness (QED) is 0.614. The largest absolute Gasteiger partial charge is 0.361 e. The van der Waals surface area contributed by atoms with Crippen LogP contribution in [0.25, 0.3) is 17.0 Å². The van der Waals surface area contributed by atoms with Crippen LogP contribution in [0.15, 0.2) is 24.7 Å². The lowest BCUT2D eigenvalue weighted by Crippen LogP contribution is -2.30. The molecule has 0 radical (unpaired) electrons. The molecule has 2 aliphatic rings. The molecule has 2 aliphatic heterocycles. The maximum Gasteiger partial charge on any atom is 0.236 e. The SMILES string of the molecule is O=S1(=O)CCCN1c1cn2c(-c3nc(N[C@H]4CNC[C@@H]4F)c(F)cc3F)cnc2cn1. The van der Waals surface area contributed by atoms with E-state index in [-0.39, 0.29) is 41.9 Å². The molecule has 0 saturated carbocycles. The Balaban J connectivity index is 1.57. The fourth-order valence-electron chi connectivity index (χ4n) is 3.79. The van der Waals surface area contributed by atoms with Crippen LogP contribution in [0, 0.1) is 11.6 Å². The Kier molecular flexibility index (Phi) is 4.73. The van der Waals surface area contributed by atoms with E-state index in [1.54, 1.807) is 0 Å². The van der Waals surface area contributed by atoms with Crippen LogP contribution in [0.1, 0.15) is 6.42 Å². The number of aromatic nitrogens is 4. The third kappa shape index (κ3) is 3.47. The Labute approximate surface area is 175 Å². The highest BCUT2D eigenvalue weighted by Gasteiger charge is 2.31. The third-order valence-corrected chi connectivity index (χ3v) is 7.22. The van der Waals surface area contributed by atoms with Gasteiger partial charge in [0.05, 0.1) is 36.1 Å². The van der Waals surface area contributed by atoms with Crippen molar-refractivity contribution in [2.24, 2.45) is 0 Å². The average Bonchev–Trinajstić information content (AvgIpc) is 3.42. The first-order chi connectivity index (χ1) is 14.8. The van der Waals surface area contributed by atoms with Crippen LogP contribution in [0.3, 0.4) is 0 Å². The molecule has 2 saturated heterocycles. The van der Waals surface area contributed by atoms with Gasteiger partial charge < -0.3 is 10.6 Å². The van der Waals surface area contributed by atoms with E-state index >= 15 is 0 Å². The van der Waals surface area contributed by atoms with Crippen LogP contribution < -0.4 is 14.9 Å². The predicted molar refractivity (Wildman–Crippen MR) is 107 cm³/mol. The van der Waals surface area contributed by atoms with Gasteiger partial charge in [-0.25, -0.2) is 36.5 Å². The summed E-state index contributed by atoms with van der Waals surface area (Å²) in [6.45, 7) is 0.710. The summed E-state index contributed by atoms with van der Waals surface area (Å²) in [4.78, 5) is 12.3. The van der Waals surface area contributed by atoms with Crippen LogP contribution in [0.2, 0.25) is 0 Å². The van der Waals surface area contributed by atoms with Crippen molar-refractivity contribution in [2.75, 3.05) is 35.0 Å². The van der Waals surface area contributed by atoms with Crippen LogP contribution in [-0.4, -0.2) is 65.4 Å². The average molecular weight is 453 g/mol. The number of halogens is 3. The monoisotopic (exact) mass is 453 g/mol. The molecule has 5 rings (SSSR count). The molecule has 13 heteroatoms. The van der Waals surface area contributed by atoms with E-state index in [1.807, 2.05) is 0 Å². The van der Waals surface area contributed by atoms with E-state index in [4.69, 9.17) is 0 Å². The summed E-state index contributed by atoms with van der Waals surface area (Å²) in [5.41, 5.74) is 0.301. The number of anilines is 2. The van der Waals surface area contributed by atoms with Crippen LogP contribution in [0.5, 0.6) is 0 Å². The van der Waals surface area contributed by atoms with Crippen molar-refractivity contribution in [1.29, 1.82) is 0 Å². The number of hydrogen-bond donors (Lipinski definition) is 2. The van der Waals surface area contributed by atoms with Gasteiger partial charge in [-0.05, 0) is 6.42 Å². The molecule has 3 aromatic rings. The molecule has 0 spiro atoms. The number of alkyl halides is 1. The Morgan fingerprint density at radius 3 is 2.71 bits per heavy atom. The van der Waals surface area contributed by atoms with E-state index in [0.717, 1.165) is 0 Å². The lowest BCUT2D eigenvalue weighted by Gasteiger charge is -2.17. The molecule has 164 valence electrons. The summed E-state index contributed by atoms with van der Waals surface area (Å²) in [6, 6.07) is -0.0224. The molecule has 2 atom stereocenters. The third-order valence-electron chi connectivity index (χ3n) is 5.37.